The minimum atomic E-state index is -1.22. The van der Waals surface area contributed by atoms with Crippen LogP contribution in [-0.4, -0.2) is 30.2 Å². The topological polar surface area (TPSA) is 49.8 Å². The molecule has 100 valence electrons. The number of rotatable bonds is 4. The van der Waals surface area contributed by atoms with Gasteiger partial charge < -0.3 is 5.11 Å². The lowest BCUT2D eigenvalue weighted by atomic mass is 10.0. The van der Waals surface area contributed by atoms with Crippen LogP contribution in [0.1, 0.15) is 23.7 Å². The minimum Gasteiger partial charge on any atom is -0.388 e. The predicted molar refractivity (Wildman–Crippen MR) is 68.2 cm³/mol. The van der Waals surface area contributed by atoms with Gasteiger partial charge in [0.2, 0.25) is 5.91 Å². The highest BCUT2D eigenvalue weighted by molar-refractivity contribution is 9.10. The minimum absolute atomic E-state index is 0.0819. The van der Waals surface area contributed by atoms with Crippen molar-refractivity contribution in [1.82, 2.24) is 5.06 Å². The first-order chi connectivity index (χ1) is 8.36. The van der Waals surface area contributed by atoms with Crippen LogP contribution in [0.4, 0.5) is 4.39 Å². The van der Waals surface area contributed by atoms with E-state index in [4.69, 9.17) is 4.84 Å². The zero-order valence-corrected chi connectivity index (χ0v) is 12.0. The molecule has 1 amide bonds. The average Bonchev–Trinajstić information content (AvgIpc) is 2.26. The third-order valence-electron chi connectivity index (χ3n) is 2.55. The van der Waals surface area contributed by atoms with Crippen LogP contribution in [-0.2, 0) is 9.63 Å². The number of amides is 1. The van der Waals surface area contributed by atoms with E-state index in [2.05, 4.69) is 15.9 Å². The summed E-state index contributed by atoms with van der Waals surface area (Å²) in [6.07, 6.45) is -1.46. The average molecular weight is 320 g/mol. The zero-order chi connectivity index (χ0) is 13.9. The molecule has 0 radical (unpaired) electrons. The van der Waals surface area contributed by atoms with Gasteiger partial charge in [-0.15, -0.1) is 0 Å². The zero-order valence-electron chi connectivity index (χ0n) is 10.4. The summed E-state index contributed by atoms with van der Waals surface area (Å²) in [4.78, 5) is 16.2. The number of aliphatic hydroxyl groups is 1. The molecule has 6 heteroatoms. The number of hydroxylamine groups is 2. The molecule has 1 aromatic rings. The maximum absolute atomic E-state index is 13.7. The van der Waals surface area contributed by atoms with Crippen LogP contribution in [0, 0.1) is 12.7 Å². The Balaban J connectivity index is 2.91. The van der Waals surface area contributed by atoms with Crippen molar-refractivity contribution >= 4 is 21.8 Å². The smallest absolute Gasteiger partial charge is 0.248 e. The van der Waals surface area contributed by atoms with Crippen LogP contribution in [0.15, 0.2) is 16.6 Å². The second kappa shape index (κ2) is 6.26. The summed E-state index contributed by atoms with van der Waals surface area (Å²) in [6, 6.07) is 3.00. The van der Waals surface area contributed by atoms with Crippen molar-refractivity contribution in [1.29, 1.82) is 0 Å². The van der Waals surface area contributed by atoms with Gasteiger partial charge in [0, 0.05) is 17.1 Å². The lowest BCUT2D eigenvalue weighted by Crippen LogP contribution is -2.27. The number of aliphatic hydroxyl groups excluding tert-OH is 1. The van der Waals surface area contributed by atoms with Gasteiger partial charge in [0.05, 0.1) is 19.6 Å². The van der Waals surface area contributed by atoms with Crippen molar-refractivity contribution in [3.63, 3.8) is 0 Å². The largest absolute Gasteiger partial charge is 0.388 e. The Morgan fingerprint density at radius 1 is 1.61 bits per heavy atom. The van der Waals surface area contributed by atoms with E-state index in [1.54, 1.807) is 13.0 Å². The first-order valence-electron chi connectivity index (χ1n) is 5.31. The predicted octanol–water partition coefficient (Wildman–Crippen LogP) is 2.34. The second-order valence-electron chi connectivity index (χ2n) is 3.94. The lowest BCUT2D eigenvalue weighted by molar-refractivity contribution is -0.170. The van der Waals surface area contributed by atoms with Gasteiger partial charge >= 0.3 is 0 Å². The van der Waals surface area contributed by atoms with E-state index in [1.165, 1.54) is 20.2 Å². The molecule has 0 heterocycles. The van der Waals surface area contributed by atoms with E-state index in [1.807, 2.05) is 0 Å². The highest BCUT2D eigenvalue weighted by Gasteiger charge is 2.21. The molecule has 0 aliphatic carbocycles. The van der Waals surface area contributed by atoms with Gasteiger partial charge in [0.25, 0.3) is 0 Å². The van der Waals surface area contributed by atoms with E-state index in [0.29, 0.717) is 4.47 Å². The Morgan fingerprint density at radius 3 is 2.72 bits per heavy atom. The fourth-order valence-corrected chi connectivity index (χ4v) is 2.34. The van der Waals surface area contributed by atoms with Crippen LogP contribution < -0.4 is 0 Å². The molecule has 0 saturated carbocycles. The van der Waals surface area contributed by atoms with E-state index in [0.717, 1.165) is 10.6 Å². The fraction of sp³-hybridized carbons (Fsp3) is 0.417. The van der Waals surface area contributed by atoms with E-state index in [-0.39, 0.29) is 12.0 Å². The highest BCUT2D eigenvalue weighted by atomic mass is 79.9. The standard InChI is InChI=1S/C12H15BrFNO3/c1-7-4-8(13)12(9(14)5-7)10(16)6-11(17)15(2)18-3/h4-5,10,16H,6H2,1-3H3. The molecule has 0 saturated heterocycles. The summed E-state index contributed by atoms with van der Waals surface area (Å²) >= 11 is 3.19. The van der Waals surface area contributed by atoms with E-state index < -0.39 is 17.8 Å². The number of aryl methyl sites for hydroxylation is 1. The van der Waals surface area contributed by atoms with Crippen molar-refractivity contribution in [2.24, 2.45) is 0 Å². The second-order valence-corrected chi connectivity index (χ2v) is 4.79. The first-order valence-corrected chi connectivity index (χ1v) is 6.10. The SMILES string of the molecule is CON(C)C(=O)CC(O)c1c(F)cc(C)cc1Br. The Morgan fingerprint density at radius 2 is 2.22 bits per heavy atom. The molecule has 0 spiro atoms. The van der Waals surface area contributed by atoms with E-state index in [9.17, 15) is 14.3 Å². The van der Waals surface area contributed by atoms with Crippen LogP contribution in [0.5, 0.6) is 0 Å². The Hall–Kier alpha value is -0.980. The molecule has 4 nitrogen and oxygen atoms in total. The summed E-state index contributed by atoms with van der Waals surface area (Å²) in [5, 5.41) is 10.9. The third kappa shape index (κ3) is 3.51. The van der Waals surface area contributed by atoms with Crippen LogP contribution in [0.3, 0.4) is 0 Å². The summed E-state index contributed by atoms with van der Waals surface area (Å²) in [5.41, 5.74) is 0.814. The van der Waals surface area contributed by atoms with Gasteiger partial charge in [-0.2, -0.15) is 0 Å². The van der Waals surface area contributed by atoms with Gasteiger partial charge in [-0.25, -0.2) is 9.45 Å². The molecule has 18 heavy (non-hydrogen) atoms. The molecule has 0 aliphatic rings. The molecule has 0 aromatic heterocycles. The van der Waals surface area contributed by atoms with Gasteiger partial charge in [-0.3, -0.25) is 9.63 Å². The Bertz CT molecular complexity index is 430. The molecular formula is C12H15BrFNO3. The molecule has 1 atom stereocenters. The number of nitrogens with zero attached hydrogens (tertiary/aromatic N) is 1. The van der Waals surface area contributed by atoms with E-state index >= 15 is 0 Å². The molecular weight excluding hydrogens is 305 g/mol. The summed E-state index contributed by atoms with van der Waals surface area (Å²) < 4.78 is 14.2. The number of carbonyl (C=O) groups is 1. The maximum atomic E-state index is 13.7. The summed E-state index contributed by atoms with van der Waals surface area (Å²) in [5.74, 6) is -0.973. The van der Waals surface area contributed by atoms with Gasteiger partial charge in [0.1, 0.15) is 5.82 Å². The maximum Gasteiger partial charge on any atom is 0.248 e. The Kier molecular flexibility index (Phi) is 5.25. The quantitative estimate of drug-likeness (QED) is 0.867. The molecule has 1 rings (SSSR count). The highest BCUT2D eigenvalue weighted by Crippen LogP contribution is 2.29. The first kappa shape index (κ1) is 15.1. The molecule has 0 fully saturated rings. The lowest BCUT2D eigenvalue weighted by Gasteiger charge is -2.18. The van der Waals surface area contributed by atoms with Crippen molar-refractivity contribution in [2.45, 2.75) is 19.4 Å². The number of hydrogen-bond acceptors (Lipinski definition) is 3. The third-order valence-corrected chi connectivity index (χ3v) is 3.21. The van der Waals surface area contributed by atoms with Gasteiger partial charge in [0.15, 0.2) is 0 Å². The Labute approximate surface area is 113 Å². The van der Waals surface area contributed by atoms with Crippen LogP contribution in [0.25, 0.3) is 0 Å². The number of halogens is 2. The summed E-state index contributed by atoms with van der Waals surface area (Å²) in [6.45, 7) is 1.74. The van der Waals surface area contributed by atoms with Crippen LogP contribution >= 0.6 is 15.9 Å². The fourth-order valence-electron chi connectivity index (χ4n) is 1.53. The van der Waals surface area contributed by atoms with Crippen molar-refractivity contribution in [2.75, 3.05) is 14.2 Å². The number of hydrogen-bond donors (Lipinski definition) is 1. The normalized spacial score (nSPS) is 12.3. The molecule has 1 unspecified atom stereocenters. The molecule has 0 bridgehead atoms. The van der Waals surface area contributed by atoms with Crippen LogP contribution in [0.2, 0.25) is 0 Å². The number of carbonyl (C=O) groups excluding carboxylic acids is 1. The molecule has 0 aliphatic heterocycles. The van der Waals surface area contributed by atoms with Crippen molar-refractivity contribution in [3.05, 3.63) is 33.5 Å². The summed E-state index contributed by atoms with van der Waals surface area (Å²) in [7, 11) is 2.77. The van der Waals surface area contributed by atoms with Crippen molar-refractivity contribution < 1.29 is 19.1 Å². The number of benzene rings is 1. The molecule has 1 N–H and O–H groups in total. The van der Waals surface area contributed by atoms with Gasteiger partial charge in [-0.05, 0) is 24.6 Å². The van der Waals surface area contributed by atoms with Gasteiger partial charge in [-0.1, -0.05) is 15.9 Å². The monoisotopic (exact) mass is 319 g/mol. The van der Waals surface area contributed by atoms with Crippen molar-refractivity contribution in [3.8, 4) is 0 Å². The molecule has 1 aromatic carbocycles.